The minimum atomic E-state index is -2.74. The van der Waals surface area contributed by atoms with Crippen molar-refractivity contribution in [1.82, 2.24) is 9.71 Å². The number of alkyl halides is 1. The van der Waals surface area contributed by atoms with Crippen molar-refractivity contribution in [3.63, 3.8) is 0 Å². The first kappa shape index (κ1) is 10.7. The van der Waals surface area contributed by atoms with Gasteiger partial charge in [-0.1, -0.05) is 0 Å². The number of halogens is 1. The van der Waals surface area contributed by atoms with Gasteiger partial charge >= 0.3 is 0 Å². The van der Waals surface area contributed by atoms with Gasteiger partial charge in [0.1, 0.15) is 0 Å². The molecule has 1 aromatic rings. The zero-order valence-corrected chi connectivity index (χ0v) is 9.92. The number of nitrogens with zero attached hydrogens (tertiary/aromatic N) is 1. The van der Waals surface area contributed by atoms with Crippen molar-refractivity contribution in [2.45, 2.75) is 4.63 Å². The second kappa shape index (κ2) is 3.95. The minimum Gasteiger partial charge on any atom is -0.456 e. The molecular weight excluding hydrogens is 286 g/mol. The molecule has 1 aromatic heterocycles. The Bertz CT molecular complexity index is 445. The Morgan fingerprint density at radius 1 is 1.67 bits per heavy atom. The Hall–Kier alpha value is -0.860. The van der Waals surface area contributed by atoms with E-state index in [1.54, 1.807) is 18.3 Å². The molecular formula is C7H8BrN3O3S. The summed E-state index contributed by atoms with van der Waals surface area (Å²) in [6, 6.07) is 3.40. The third-order valence-corrected chi connectivity index (χ3v) is 3.27. The normalized spacial score (nSPS) is 24.1. The van der Waals surface area contributed by atoms with Gasteiger partial charge in [-0.05, 0) is 28.1 Å². The highest BCUT2D eigenvalue weighted by molar-refractivity contribution is 9.10. The quantitative estimate of drug-likeness (QED) is 0.408. The molecule has 0 aliphatic carbocycles. The lowest BCUT2D eigenvalue weighted by atomic mass is 10.3. The van der Waals surface area contributed by atoms with E-state index in [1.807, 2.05) is 0 Å². The van der Waals surface area contributed by atoms with E-state index in [0.717, 1.165) is 0 Å². The van der Waals surface area contributed by atoms with Crippen LogP contribution in [0, 0.1) is 0 Å². The molecule has 2 rings (SSSR count). The molecule has 1 aliphatic heterocycles. The van der Waals surface area contributed by atoms with Gasteiger partial charge in [-0.3, -0.25) is 0 Å². The maximum absolute atomic E-state index is 10.6. The molecule has 0 bridgehead atoms. The molecule has 1 unspecified atom stereocenters. The molecule has 0 spiro atoms. The van der Waals surface area contributed by atoms with Crippen molar-refractivity contribution in [3.8, 4) is 5.75 Å². The fraction of sp³-hybridized carbons (Fsp3) is 0.286. The van der Waals surface area contributed by atoms with Crippen molar-refractivity contribution >= 4 is 32.6 Å². The molecule has 6 nitrogen and oxygen atoms in total. The predicted octanol–water partition coefficient (Wildman–Crippen LogP) is 0.0506. The topological polar surface area (TPSA) is 80.3 Å². The smallest absolute Gasteiger partial charge is 0.247 e. The average molecular weight is 294 g/mol. The predicted molar refractivity (Wildman–Crippen MR) is 58.5 cm³/mol. The van der Waals surface area contributed by atoms with Crippen LogP contribution in [0.2, 0.25) is 0 Å². The number of hydrogen-bond acceptors (Lipinski definition) is 5. The molecule has 0 fully saturated rings. The second-order valence-corrected chi connectivity index (χ2v) is 4.92. The molecule has 1 aliphatic rings. The molecule has 0 amide bonds. The second-order valence-electron chi connectivity index (χ2n) is 2.90. The third-order valence-electron chi connectivity index (χ3n) is 1.78. The molecule has 0 saturated heterocycles. The number of pyridine rings is 1. The Morgan fingerprint density at radius 3 is 3.20 bits per heavy atom. The van der Waals surface area contributed by atoms with Gasteiger partial charge in [0.2, 0.25) is 15.5 Å². The largest absolute Gasteiger partial charge is 0.456 e. The standard InChI is InChI=1S/C7H8BrN3O3S/c8-7(11-15(12)13)4-10-6-5(14-7)2-1-3-9-6/h1-3,15H,4H2,(H,9,10)(H,11,12,13). The van der Waals surface area contributed by atoms with Crippen molar-refractivity contribution in [2.24, 2.45) is 0 Å². The van der Waals surface area contributed by atoms with Gasteiger partial charge in [0.05, 0.1) is 6.54 Å². The molecule has 1 atom stereocenters. The summed E-state index contributed by atoms with van der Waals surface area (Å²) in [5, 5.41) is 2.95. The first-order chi connectivity index (χ1) is 7.09. The molecule has 0 aromatic carbocycles. The van der Waals surface area contributed by atoms with Crippen LogP contribution >= 0.6 is 15.9 Å². The van der Waals surface area contributed by atoms with Crippen LogP contribution in [-0.2, 0) is 10.9 Å². The highest BCUT2D eigenvalue weighted by Crippen LogP contribution is 2.32. The third kappa shape index (κ3) is 2.39. The monoisotopic (exact) mass is 293 g/mol. The number of ether oxygens (including phenoxy) is 1. The van der Waals surface area contributed by atoms with E-state index in [0.29, 0.717) is 11.6 Å². The lowest BCUT2D eigenvalue weighted by Crippen LogP contribution is -2.51. The van der Waals surface area contributed by atoms with Gasteiger partial charge in [-0.25, -0.2) is 13.4 Å². The number of anilines is 1. The van der Waals surface area contributed by atoms with Crippen LogP contribution in [0.15, 0.2) is 18.3 Å². The van der Waals surface area contributed by atoms with Gasteiger partial charge < -0.3 is 10.1 Å². The highest BCUT2D eigenvalue weighted by Gasteiger charge is 2.34. The average Bonchev–Trinajstić information content (AvgIpc) is 2.15. The fourth-order valence-electron chi connectivity index (χ4n) is 1.21. The van der Waals surface area contributed by atoms with Crippen LogP contribution in [0.25, 0.3) is 0 Å². The van der Waals surface area contributed by atoms with Gasteiger partial charge in [0, 0.05) is 6.20 Å². The zero-order chi connectivity index (χ0) is 10.9. The van der Waals surface area contributed by atoms with E-state index in [4.69, 9.17) is 4.74 Å². The summed E-state index contributed by atoms with van der Waals surface area (Å²) in [6.07, 6.45) is 1.62. The van der Waals surface area contributed by atoms with Gasteiger partial charge in [0.25, 0.3) is 0 Å². The number of thiol groups is 1. The van der Waals surface area contributed by atoms with Crippen molar-refractivity contribution < 1.29 is 13.2 Å². The summed E-state index contributed by atoms with van der Waals surface area (Å²) < 4.78 is 27.7. The molecule has 8 heteroatoms. The lowest BCUT2D eigenvalue weighted by Gasteiger charge is -2.32. The molecule has 15 heavy (non-hydrogen) atoms. The fourth-order valence-corrected chi connectivity index (χ4v) is 2.36. The Morgan fingerprint density at radius 2 is 2.47 bits per heavy atom. The van der Waals surface area contributed by atoms with Gasteiger partial charge in [-0.15, -0.1) is 0 Å². The number of fused-ring (bicyclic) bond motifs is 1. The summed E-state index contributed by atoms with van der Waals surface area (Å²) in [7, 11) is -2.74. The first-order valence-corrected chi connectivity index (χ1v) is 6.05. The summed E-state index contributed by atoms with van der Waals surface area (Å²) >= 11 is 3.16. The Labute approximate surface area is 96.2 Å². The van der Waals surface area contributed by atoms with Crippen LogP contribution in [0.3, 0.4) is 0 Å². The van der Waals surface area contributed by atoms with Crippen LogP contribution < -0.4 is 14.8 Å². The molecule has 0 saturated carbocycles. The SMILES string of the molecule is O=[SH](=O)NC1(Br)CNc2ncccc2O1. The van der Waals surface area contributed by atoms with E-state index in [9.17, 15) is 8.42 Å². The van der Waals surface area contributed by atoms with Gasteiger partial charge in [-0.2, -0.15) is 4.72 Å². The first-order valence-electron chi connectivity index (χ1n) is 4.08. The summed E-state index contributed by atoms with van der Waals surface area (Å²) in [5.41, 5.74) is 0. The van der Waals surface area contributed by atoms with Gasteiger partial charge in [0.15, 0.2) is 11.6 Å². The van der Waals surface area contributed by atoms with E-state index in [2.05, 4.69) is 31.0 Å². The lowest BCUT2D eigenvalue weighted by molar-refractivity contribution is 0.167. The van der Waals surface area contributed by atoms with Crippen LogP contribution in [0.1, 0.15) is 0 Å². The van der Waals surface area contributed by atoms with E-state index >= 15 is 0 Å². The molecule has 0 radical (unpaired) electrons. The maximum Gasteiger partial charge on any atom is 0.247 e. The number of hydrogen-bond donors (Lipinski definition) is 3. The van der Waals surface area contributed by atoms with Crippen LogP contribution in [0.5, 0.6) is 5.75 Å². The van der Waals surface area contributed by atoms with Crippen molar-refractivity contribution in [3.05, 3.63) is 18.3 Å². The number of nitrogens with one attached hydrogen (secondary N) is 2. The van der Waals surface area contributed by atoms with Crippen molar-refractivity contribution in [2.75, 3.05) is 11.9 Å². The molecule has 2 N–H and O–H groups in total. The summed E-state index contributed by atoms with van der Waals surface area (Å²) in [4.78, 5) is 4.03. The summed E-state index contributed by atoms with van der Waals surface area (Å²) in [5.74, 6) is 1.08. The van der Waals surface area contributed by atoms with E-state index in [1.165, 1.54) is 0 Å². The molecule has 2 heterocycles. The van der Waals surface area contributed by atoms with Crippen LogP contribution in [0.4, 0.5) is 5.82 Å². The number of rotatable bonds is 2. The maximum atomic E-state index is 10.6. The Kier molecular flexibility index (Phi) is 2.81. The minimum absolute atomic E-state index is 0.250. The van der Waals surface area contributed by atoms with Crippen molar-refractivity contribution in [1.29, 1.82) is 0 Å². The summed E-state index contributed by atoms with van der Waals surface area (Å²) in [6.45, 7) is 0.250. The Balaban J connectivity index is 2.24. The van der Waals surface area contributed by atoms with E-state index < -0.39 is 15.5 Å². The molecule has 82 valence electrons. The number of aromatic nitrogens is 1. The van der Waals surface area contributed by atoms with Crippen LogP contribution in [-0.4, -0.2) is 24.6 Å². The van der Waals surface area contributed by atoms with E-state index in [-0.39, 0.29) is 6.54 Å². The highest BCUT2D eigenvalue weighted by atomic mass is 79.9. The zero-order valence-electron chi connectivity index (χ0n) is 7.44.